The molecule has 1 atom stereocenters. The zero-order chi connectivity index (χ0) is 8.44. The maximum Gasteiger partial charge on any atom is 0.0927 e. The van der Waals surface area contributed by atoms with Gasteiger partial charge >= 0.3 is 0 Å². The molecule has 70 valence electrons. The molecule has 0 radical (unpaired) electrons. The molecule has 2 rings (SSSR count). The molecule has 2 heteroatoms. The summed E-state index contributed by atoms with van der Waals surface area (Å²) in [6.07, 6.45) is 6.09. The van der Waals surface area contributed by atoms with Crippen molar-refractivity contribution < 1.29 is 4.39 Å². The normalized spacial score (nSPS) is 34.2. The third kappa shape index (κ3) is 1.26. The van der Waals surface area contributed by atoms with Crippen LogP contribution in [0.5, 0.6) is 0 Å². The second-order valence-corrected chi connectivity index (χ2v) is 4.36. The zero-order valence-electron chi connectivity index (χ0n) is 7.61. The van der Waals surface area contributed by atoms with Gasteiger partial charge in [-0.3, -0.25) is 4.39 Å². The Labute approximate surface area is 73.7 Å². The second-order valence-electron chi connectivity index (χ2n) is 4.36. The molecule has 1 spiro atoms. The fourth-order valence-electron chi connectivity index (χ4n) is 3.03. The predicted molar refractivity (Wildman–Crippen MR) is 47.9 cm³/mol. The van der Waals surface area contributed by atoms with Gasteiger partial charge in [0.2, 0.25) is 0 Å². The molecule has 2 aliphatic rings. The summed E-state index contributed by atoms with van der Waals surface area (Å²) in [7, 11) is 0. The SMILES string of the molecule is FCC1CCCC12CCNCC2. The van der Waals surface area contributed by atoms with Crippen LogP contribution in [0.4, 0.5) is 4.39 Å². The van der Waals surface area contributed by atoms with Crippen LogP contribution in [0.2, 0.25) is 0 Å². The van der Waals surface area contributed by atoms with E-state index < -0.39 is 0 Å². The van der Waals surface area contributed by atoms with Crippen molar-refractivity contribution in [2.24, 2.45) is 11.3 Å². The summed E-state index contributed by atoms with van der Waals surface area (Å²) >= 11 is 0. The highest BCUT2D eigenvalue weighted by atomic mass is 19.1. The van der Waals surface area contributed by atoms with E-state index in [9.17, 15) is 4.39 Å². The van der Waals surface area contributed by atoms with Gasteiger partial charge < -0.3 is 5.32 Å². The van der Waals surface area contributed by atoms with Crippen LogP contribution in [0.1, 0.15) is 32.1 Å². The van der Waals surface area contributed by atoms with Gasteiger partial charge in [-0.15, -0.1) is 0 Å². The van der Waals surface area contributed by atoms with Gasteiger partial charge in [-0.05, 0) is 50.1 Å². The molecule has 0 amide bonds. The van der Waals surface area contributed by atoms with Crippen molar-refractivity contribution in [3.05, 3.63) is 0 Å². The number of piperidine rings is 1. The van der Waals surface area contributed by atoms with Crippen molar-refractivity contribution in [1.82, 2.24) is 5.32 Å². The minimum Gasteiger partial charge on any atom is -0.317 e. The van der Waals surface area contributed by atoms with Gasteiger partial charge in [0, 0.05) is 0 Å². The van der Waals surface area contributed by atoms with E-state index in [1.165, 1.54) is 25.7 Å². The number of halogens is 1. The van der Waals surface area contributed by atoms with E-state index in [2.05, 4.69) is 5.32 Å². The third-order valence-electron chi connectivity index (χ3n) is 3.88. The van der Waals surface area contributed by atoms with Gasteiger partial charge in [0.15, 0.2) is 0 Å². The first-order valence-corrected chi connectivity index (χ1v) is 5.14. The number of hydrogen-bond acceptors (Lipinski definition) is 1. The Hall–Kier alpha value is -0.110. The molecule has 1 saturated heterocycles. The molecule has 1 aliphatic heterocycles. The van der Waals surface area contributed by atoms with E-state index in [0.29, 0.717) is 11.3 Å². The molecule has 1 heterocycles. The summed E-state index contributed by atoms with van der Waals surface area (Å²) in [5.41, 5.74) is 0.403. The largest absolute Gasteiger partial charge is 0.317 e. The molecule has 1 aliphatic carbocycles. The molecular formula is C10H18FN. The topological polar surface area (TPSA) is 12.0 Å². The summed E-state index contributed by atoms with van der Waals surface area (Å²) in [4.78, 5) is 0. The Morgan fingerprint density at radius 2 is 2.00 bits per heavy atom. The minimum atomic E-state index is -0.0833. The molecule has 2 fully saturated rings. The van der Waals surface area contributed by atoms with Crippen LogP contribution in [0.15, 0.2) is 0 Å². The lowest BCUT2D eigenvalue weighted by Gasteiger charge is -2.38. The number of nitrogens with one attached hydrogen (secondary N) is 1. The Balaban J connectivity index is 2.05. The van der Waals surface area contributed by atoms with Crippen molar-refractivity contribution in [1.29, 1.82) is 0 Å². The average molecular weight is 171 g/mol. The summed E-state index contributed by atoms with van der Waals surface area (Å²) in [6, 6.07) is 0. The summed E-state index contributed by atoms with van der Waals surface area (Å²) in [5, 5.41) is 3.36. The van der Waals surface area contributed by atoms with E-state index in [1.807, 2.05) is 0 Å². The molecule has 0 aromatic carbocycles. The summed E-state index contributed by atoms with van der Waals surface area (Å²) in [6.45, 7) is 2.13. The smallest absolute Gasteiger partial charge is 0.0927 e. The van der Waals surface area contributed by atoms with E-state index in [1.54, 1.807) is 0 Å². The number of rotatable bonds is 1. The molecule has 0 aromatic heterocycles. The Bertz CT molecular complexity index is 152. The van der Waals surface area contributed by atoms with Crippen LogP contribution in [0.3, 0.4) is 0 Å². The van der Waals surface area contributed by atoms with Crippen molar-refractivity contribution in [2.75, 3.05) is 19.8 Å². The Morgan fingerprint density at radius 3 is 2.67 bits per heavy atom. The van der Waals surface area contributed by atoms with Crippen LogP contribution in [-0.4, -0.2) is 19.8 Å². The molecule has 0 aromatic rings. The van der Waals surface area contributed by atoms with Crippen molar-refractivity contribution in [3.63, 3.8) is 0 Å². The first-order chi connectivity index (χ1) is 5.87. The first kappa shape index (κ1) is 8.49. The van der Waals surface area contributed by atoms with E-state index in [-0.39, 0.29) is 6.67 Å². The summed E-state index contributed by atoms with van der Waals surface area (Å²) in [5.74, 6) is 0.389. The lowest BCUT2D eigenvalue weighted by molar-refractivity contribution is 0.115. The molecule has 1 N–H and O–H groups in total. The Morgan fingerprint density at radius 1 is 1.25 bits per heavy atom. The maximum absolute atomic E-state index is 12.7. The lowest BCUT2D eigenvalue weighted by Crippen LogP contribution is -2.39. The highest BCUT2D eigenvalue weighted by molar-refractivity contribution is 4.94. The monoisotopic (exact) mass is 171 g/mol. The minimum absolute atomic E-state index is 0.0833. The molecule has 1 nitrogen and oxygen atoms in total. The van der Waals surface area contributed by atoms with Crippen LogP contribution >= 0.6 is 0 Å². The van der Waals surface area contributed by atoms with Gasteiger partial charge in [0.1, 0.15) is 0 Å². The predicted octanol–water partition coefficient (Wildman–Crippen LogP) is 2.13. The molecular weight excluding hydrogens is 153 g/mol. The number of hydrogen-bond donors (Lipinski definition) is 1. The van der Waals surface area contributed by atoms with Crippen molar-refractivity contribution in [3.8, 4) is 0 Å². The Kier molecular flexibility index (Phi) is 2.35. The number of alkyl halides is 1. The van der Waals surface area contributed by atoms with Gasteiger partial charge in [-0.1, -0.05) is 6.42 Å². The van der Waals surface area contributed by atoms with Crippen LogP contribution in [0, 0.1) is 11.3 Å². The van der Waals surface area contributed by atoms with Crippen LogP contribution in [-0.2, 0) is 0 Å². The van der Waals surface area contributed by atoms with Crippen molar-refractivity contribution in [2.45, 2.75) is 32.1 Å². The van der Waals surface area contributed by atoms with Gasteiger partial charge in [-0.2, -0.15) is 0 Å². The first-order valence-electron chi connectivity index (χ1n) is 5.14. The van der Waals surface area contributed by atoms with Crippen molar-refractivity contribution >= 4 is 0 Å². The standard InChI is InChI=1S/C10H18FN/c11-8-9-2-1-3-10(9)4-6-12-7-5-10/h9,12H,1-8H2. The molecule has 1 saturated carbocycles. The quantitative estimate of drug-likeness (QED) is 0.637. The van der Waals surface area contributed by atoms with Gasteiger partial charge in [0.25, 0.3) is 0 Å². The summed E-state index contributed by atoms with van der Waals surface area (Å²) < 4.78 is 12.7. The molecule has 1 unspecified atom stereocenters. The van der Waals surface area contributed by atoms with E-state index in [0.717, 1.165) is 19.5 Å². The fraction of sp³-hybridized carbons (Fsp3) is 1.00. The molecule has 12 heavy (non-hydrogen) atoms. The average Bonchev–Trinajstić information content (AvgIpc) is 2.49. The lowest BCUT2D eigenvalue weighted by atomic mass is 9.71. The highest BCUT2D eigenvalue weighted by Crippen LogP contribution is 2.49. The van der Waals surface area contributed by atoms with Crippen LogP contribution in [0.25, 0.3) is 0 Å². The highest BCUT2D eigenvalue weighted by Gasteiger charge is 2.42. The molecule has 0 bridgehead atoms. The zero-order valence-corrected chi connectivity index (χ0v) is 7.61. The fourth-order valence-corrected chi connectivity index (χ4v) is 3.03. The third-order valence-corrected chi connectivity index (χ3v) is 3.88. The second kappa shape index (κ2) is 3.33. The van der Waals surface area contributed by atoms with Gasteiger partial charge in [0.05, 0.1) is 6.67 Å². The maximum atomic E-state index is 12.7. The van der Waals surface area contributed by atoms with E-state index in [4.69, 9.17) is 0 Å². The van der Waals surface area contributed by atoms with E-state index >= 15 is 0 Å². The van der Waals surface area contributed by atoms with Crippen LogP contribution < -0.4 is 5.32 Å². The van der Waals surface area contributed by atoms with Gasteiger partial charge in [-0.25, -0.2) is 0 Å².